The summed E-state index contributed by atoms with van der Waals surface area (Å²) in [6.07, 6.45) is 4.70. The Morgan fingerprint density at radius 1 is 1.11 bits per heavy atom. The second-order valence-electron chi connectivity index (χ2n) is 6.52. The third-order valence-corrected chi connectivity index (χ3v) is 4.01. The molecule has 158 valence electrons. The predicted octanol–water partition coefficient (Wildman–Crippen LogP) is 3.58. The average molecular weight is 396 g/mol. The summed E-state index contributed by atoms with van der Waals surface area (Å²) in [5.41, 5.74) is 0.0878. The Hall–Kier alpha value is -2.41. The number of aliphatic hydroxyl groups excluding tert-OH is 1. The highest BCUT2D eigenvalue weighted by Gasteiger charge is 2.27. The molecule has 0 fully saturated rings. The number of carbonyl (C=O) groups excluding carboxylic acids is 3. The number of allylic oxidation sites excluding steroid dienone is 1. The molecule has 0 spiro atoms. The van der Waals surface area contributed by atoms with Crippen molar-refractivity contribution in [2.45, 2.75) is 65.9 Å². The number of hydrogen-bond donors (Lipinski definition) is 1. The van der Waals surface area contributed by atoms with Crippen LogP contribution in [0.2, 0.25) is 0 Å². The van der Waals surface area contributed by atoms with Gasteiger partial charge in [0, 0.05) is 12.5 Å². The summed E-state index contributed by atoms with van der Waals surface area (Å²) in [7, 11) is 0. The summed E-state index contributed by atoms with van der Waals surface area (Å²) in [6, 6.07) is 0. The van der Waals surface area contributed by atoms with E-state index < -0.39 is 29.8 Å². The van der Waals surface area contributed by atoms with Crippen molar-refractivity contribution in [1.82, 2.24) is 0 Å². The van der Waals surface area contributed by atoms with Gasteiger partial charge in [0.1, 0.15) is 6.10 Å². The van der Waals surface area contributed by atoms with Crippen molar-refractivity contribution in [1.29, 1.82) is 0 Å². The predicted molar refractivity (Wildman–Crippen MR) is 105 cm³/mol. The highest BCUT2D eigenvalue weighted by atomic mass is 16.6. The van der Waals surface area contributed by atoms with E-state index in [0.717, 1.165) is 38.7 Å². The molecule has 0 bridgehead atoms. The number of aliphatic hydroxyl groups is 1. The molecule has 0 radical (unpaired) electrons. The van der Waals surface area contributed by atoms with Crippen LogP contribution in [0.5, 0.6) is 0 Å². The van der Waals surface area contributed by atoms with Gasteiger partial charge in [-0.05, 0) is 25.3 Å². The molecule has 0 aliphatic carbocycles. The zero-order valence-corrected chi connectivity index (χ0v) is 17.3. The minimum absolute atomic E-state index is 0.0878. The van der Waals surface area contributed by atoms with E-state index in [4.69, 9.17) is 14.2 Å². The van der Waals surface area contributed by atoms with Gasteiger partial charge in [-0.2, -0.15) is 0 Å². The molecule has 1 N–H and O–H groups in total. The molecule has 0 saturated carbocycles. The molecule has 0 heterocycles. The van der Waals surface area contributed by atoms with Crippen molar-refractivity contribution >= 4 is 17.9 Å². The minimum atomic E-state index is -1.02. The molecule has 0 rings (SSSR count). The maximum atomic E-state index is 12.6. The van der Waals surface area contributed by atoms with Crippen LogP contribution in [0.15, 0.2) is 36.3 Å². The second-order valence-corrected chi connectivity index (χ2v) is 6.52. The molecule has 0 aliphatic heterocycles. The van der Waals surface area contributed by atoms with Crippen LogP contribution in [0.4, 0.5) is 0 Å². The van der Waals surface area contributed by atoms with E-state index in [1.165, 1.54) is 6.92 Å². The van der Waals surface area contributed by atoms with Crippen LogP contribution >= 0.6 is 0 Å². The smallest absolute Gasteiger partial charge is 0.378 e. The summed E-state index contributed by atoms with van der Waals surface area (Å²) < 4.78 is 15.2. The van der Waals surface area contributed by atoms with E-state index in [2.05, 4.69) is 20.1 Å². The Bertz CT molecular complexity index is 604. The number of carbonyl (C=O) groups is 3. The van der Waals surface area contributed by atoms with Gasteiger partial charge in [0.05, 0.1) is 6.61 Å². The summed E-state index contributed by atoms with van der Waals surface area (Å²) in [5.74, 6) is -3.31. The van der Waals surface area contributed by atoms with Crippen molar-refractivity contribution in [3.8, 4) is 0 Å². The van der Waals surface area contributed by atoms with Gasteiger partial charge < -0.3 is 19.3 Å². The second kappa shape index (κ2) is 13.7. The number of unbranched alkanes of at least 4 members (excludes halogenated alkanes) is 1. The lowest BCUT2D eigenvalue weighted by Crippen LogP contribution is -2.27. The minimum Gasteiger partial charge on any atom is -0.454 e. The Labute approximate surface area is 167 Å². The van der Waals surface area contributed by atoms with Gasteiger partial charge in [-0.1, -0.05) is 52.7 Å². The number of ether oxygens (including phenoxy) is 3. The topological polar surface area (TPSA) is 99.1 Å². The van der Waals surface area contributed by atoms with E-state index >= 15 is 0 Å². The highest BCUT2D eigenvalue weighted by molar-refractivity contribution is 5.92. The van der Waals surface area contributed by atoms with Crippen molar-refractivity contribution < 1.29 is 33.7 Å². The molecule has 0 saturated heterocycles. The summed E-state index contributed by atoms with van der Waals surface area (Å²) in [4.78, 5) is 35.7. The SMILES string of the molecule is C=C/C(OC(=O)C(=C)C)=C(\OC(C)=O)C(=O)OC(CO)CC(CC)CCCC. The van der Waals surface area contributed by atoms with Crippen molar-refractivity contribution in [3.63, 3.8) is 0 Å². The number of esters is 3. The first-order valence-corrected chi connectivity index (χ1v) is 9.44. The summed E-state index contributed by atoms with van der Waals surface area (Å²) >= 11 is 0. The molecular weight excluding hydrogens is 364 g/mol. The van der Waals surface area contributed by atoms with Gasteiger partial charge in [0.2, 0.25) is 0 Å². The quantitative estimate of drug-likeness (QED) is 0.167. The molecule has 0 aliphatic rings. The van der Waals surface area contributed by atoms with Crippen molar-refractivity contribution in [3.05, 3.63) is 36.3 Å². The fourth-order valence-corrected chi connectivity index (χ4v) is 2.42. The van der Waals surface area contributed by atoms with Gasteiger partial charge in [0.25, 0.3) is 5.76 Å². The summed E-state index contributed by atoms with van der Waals surface area (Å²) in [5, 5.41) is 9.60. The van der Waals surface area contributed by atoms with E-state index in [0.29, 0.717) is 6.42 Å². The number of hydrogen-bond acceptors (Lipinski definition) is 7. The Morgan fingerprint density at radius 3 is 2.18 bits per heavy atom. The van der Waals surface area contributed by atoms with Gasteiger partial charge in [-0.15, -0.1) is 0 Å². The van der Waals surface area contributed by atoms with Gasteiger partial charge in [-0.25, -0.2) is 9.59 Å². The Kier molecular flexibility index (Phi) is 12.5. The molecule has 7 heteroatoms. The van der Waals surface area contributed by atoms with E-state index in [1.54, 1.807) is 0 Å². The van der Waals surface area contributed by atoms with Gasteiger partial charge in [-0.3, -0.25) is 4.79 Å². The van der Waals surface area contributed by atoms with E-state index in [9.17, 15) is 19.5 Å². The molecule has 2 unspecified atom stereocenters. The van der Waals surface area contributed by atoms with Crippen molar-refractivity contribution in [2.24, 2.45) is 5.92 Å². The average Bonchev–Trinajstić information content (AvgIpc) is 2.65. The first-order valence-electron chi connectivity index (χ1n) is 9.44. The normalized spacial score (nSPS) is 13.6. The monoisotopic (exact) mass is 396 g/mol. The molecule has 28 heavy (non-hydrogen) atoms. The molecule has 0 aromatic rings. The molecule has 0 aromatic heterocycles. The molecule has 2 atom stereocenters. The fourth-order valence-electron chi connectivity index (χ4n) is 2.42. The fraction of sp³-hybridized carbons (Fsp3) is 0.571. The molecule has 7 nitrogen and oxygen atoms in total. The Balaban J connectivity index is 5.48. The molecular formula is C21H32O7. The lowest BCUT2D eigenvalue weighted by atomic mass is 9.93. The van der Waals surface area contributed by atoms with Crippen LogP contribution in [0.1, 0.15) is 59.8 Å². The standard InChI is InChI=1S/C21H32O7/c1-7-10-11-16(8-2)12-17(13-22)27-21(25)19(26-15(6)23)18(9-3)28-20(24)14(4)5/h9,16-17,22H,3-4,7-8,10-13H2,1-2,5-6H3/b19-18+. The first-order chi connectivity index (χ1) is 13.2. The van der Waals surface area contributed by atoms with Gasteiger partial charge >= 0.3 is 17.9 Å². The largest absolute Gasteiger partial charge is 0.454 e. The van der Waals surface area contributed by atoms with Crippen LogP contribution in [0.3, 0.4) is 0 Å². The third-order valence-electron chi connectivity index (χ3n) is 4.01. The number of rotatable bonds is 13. The third kappa shape index (κ3) is 9.50. The molecule has 0 aromatic carbocycles. The van der Waals surface area contributed by atoms with E-state index in [1.807, 2.05) is 6.92 Å². The van der Waals surface area contributed by atoms with Crippen LogP contribution in [0, 0.1) is 5.92 Å². The summed E-state index contributed by atoms with van der Waals surface area (Å²) in [6.45, 7) is 13.2. The van der Waals surface area contributed by atoms with Crippen LogP contribution in [0.25, 0.3) is 0 Å². The highest BCUT2D eigenvalue weighted by Crippen LogP contribution is 2.22. The Morgan fingerprint density at radius 2 is 1.75 bits per heavy atom. The van der Waals surface area contributed by atoms with Crippen LogP contribution in [-0.2, 0) is 28.6 Å². The van der Waals surface area contributed by atoms with E-state index in [-0.39, 0.29) is 23.9 Å². The zero-order chi connectivity index (χ0) is 21.7. The maximum absolute atomic E-state index is 12.6. The first kappa shape index (κ1) is 25.6. The maximum Gasteiger partial charge on any atom is 0.378 e. The van der Waals surface area contributed by atoms with Crippen LogP contribution < -0.4 is 0 Å². The lowest BCUT2D eigenvalue weighted by molar-refractivity contribution is -0.157. The van der Waals surface area contributed by atoms with Crippen molar-refractivity contribution in [2.75, 3.05) is 6.61 Å². The lowest BCUT2D eigenvalue weighted by Gasteiger charge is -2.22. The van der Waals surface area contributed by atoms with Crippen LogP contribution in [-0.4, -0.2) is 35.7 Å². The zero-order valence-electron chi connectivity index (χ0n) is 17.3. The molecule has 0 amide bonds. The van der Waals surface area contributed by atoms with Gasteiger partial charge in [0.15, 0.2) is 5.76 Å².